The third kappa shape index (κ3) is 5.85. The number of hydrogen-bond donors (Lipinski definition) is 2. The molecule has 0 saturated carbocycles. The van der Waals surface area contributed by atoms with E-state index in [0.29, 0.717) is 30.5 Å². The second kappa shape index (κ2) is 10.5. The molecule has 2 aromatic rings. The Morgan fingerprint density at radius 2 is 2.00 bits per heavy atom. The Bertz CT molecular complexity index is 870. The average Bonchev–Trinajstić information content (AvgIpc) is 2.74. The molecule has 154 valence electrons. The molecule has 0 spiro atoms. The van der Waals surface area contributed by atoms with Crippen molar-refractivity contribution >= 4 is 52.1 Å². The number of hydrogen-bond acceptors (Lipinski definition) is 6. The first-order valence-electron chi connectivity index (χ1n) is 9.46. The molecule has 0 atom stereocenters. The first kappa shape index (κ1) is 21.4. The monoisotopic (exact) mass is 431 g/mol. The molecule has 1 heterocycles. The van der Waals surface area contributed by atoms with Crippen molar-refractivity contribution in [3.05, 3.63) is 48.0 Å². The van der Waals surface area contributed by atoms with Gasteiger partial charge in [0.2, 0.25) is 0 Å². The van der Waals surface area contributed by atoms with Crippen molar-refractivity contribution in [3.8, 4) is 0 Å². The summed E-state index contributed by atoms with van der Waals surface area (Å²) in [5.74, 6) is -0.351. The van der Waals surface area contributed by atoms with E-state index in [9.17, 15) is 4.79 Å². The number of carbonyl (C=O) groups is 1. The minimum atomic E-state index is -0.351. The summed E-state index contributed by atoms with van der Waals surface area (Å²) < 4.78 is 10.6. The molecular formula is C21H25N3O3S2. The van der Waals surface area contributed by atoms with Gasteiger partial charge < -0.3 is 25.0 Å². The van der Waals surface area contributed by atoms with Gasteiger partial charge in [0.05, 0.1) is 36.8 Å². The highest BCUT2D eigenvalue weighted by Gasteiger charge is 2.18. The number of nitrogens with zero attached hydrogens (tertiary/aromatic N) is 1. The number of anilines is 3. The summed E-state index contributed by atoms with van der Waals surface area (Å²) in [5.41, 5.74) is 3.13. The van der Waals surface area contributed by atoms with E-state index in [0.717, 1.165) is 35.0 Å². The van der Waals surface area contributed by atoms with E-state index in [1.807, 2.05) is 36.6 Å². The Morgan fingerprint density at radius 1 is 1.21 bits per heavy atom. The predicted octanol–water partition coefficient (Wildman–Crippen LogP) is 4.23. The molecule has 0 unspecified atom stereocenters. The third-order valence-corrected chi connectivity index (χ3v) is 5.36. The second-order valence-electron chi connectivity index (χ2n) is 6.36. The van der Waals surface area contributed by atoms with Crippen molar-refractivity contribution in [2.45, 2.75) is 11.8 Å². The molecule has 29 heavy (non-hydrogen) atoms. The largest absolute Gasteiger partial charge is 0.462 e. The van der Waals surface area contributed by atoms with Crippen LogP contribution in [0, 0.1) is 0 Å². The van der Waals surface area contributed by atoms with Gasteiger partial charge in [-0.2, -0.15) is 0 Å². The summed E-state index contributed by atoms with van der Waals surface area (Å²) >= 11 is 7.20. The lowest BCUT2D eigenvalue weighted by Gasteiger charge is -2.31. The fourth-order valence-corrected chi connectivity index (χ4v) is 3.73. The van der Waals surface area contributed by atoms with E-state index < -0.39 is 0 Å². The maximum Gasteiger partial charge on any atom is 0.338 e. The van der Waals surface area contributed by atoms with Crippen LogP contribution < -0.4 is 15.5 Å². The summed E-state index contributed by atoms with van der Waals surface area (Å²) in [5, 5.41) is 6.93. The van der Waals surface area contributed by atoms with E-state index in [1.165, 1.54) is 0 Å². The molecule has 6 nitrogen and oxygen atoms in total. The zero-order valence-electron chi connectivity index (χ0n) is 16.6. The van der Waals surface area contributed by atoms with E-state index in [4.69, 9.17) is 21.7 Å². The fourth-order valence-electron chi connectivity index (χ4n) is 3.04. The van der Waals surface area contributed by atoms with Crippen LogP contribution in [-0.2, 0) is 9.47 Å². The Hall–Kier alpha value is -2.29. The molecule has 1 aliphatic rings. The van der Waals surface area contributed by atoms with Gasteiger partial charge >= 0.3 is 5.97 Å². The van der Waals surface area contributed by atoms with Crippen molar-refractivity contribution in [2.75, 3.05) is 54.7 Å². The van der Waals surface area contributed by atoms with Crippen molar-refractivity contribution in [3.63, 3.8) is 0 Å². The van der Waals surface area contributed by atoms with Gasteiger partial charge in [-0.1, -0.05) is 6.07 Å². The molecule has 1 aliphatic heterocycles. The van der Waals surface area contributed by atoms with Gasteiger partial charge in [-0.05, 0) is 61.8 Å². The lowest BCUT2D eigenvalue weighted by atomic mass is 10.1. The minimum absolute atomic E-state index is 0.332. The quantitative estimate of drug-likeness (QED) is 0.400. The molecule has 1 fully saturated rings. The maximum absolute atomic E-state index is 12.2. The van der Waals surface area contributed by atoms with E-state index in [2.05, 4.69) is 15.5 Å². The highest BCUT2D eigenvalue weighted by Crippen LogP contribution is 2.29. The summed E-state index contributed by atoms with van der Waals surface area (Å²) in [6, 6.07) is 13.5. The van der Waals surface area contributed by atoms with Crippen LogP contribution in [0.1, 0.15) is 17.3 Å². The SMILES string of the molecule is CCOC(=O)c1ccc(N2CCOCC2)c(NC(=S)Nc2cccc(SC)c2)c1. The molecule has 2 N–H and O–H groups in total. The van der Waals surface area contributed by atoms with Gasteiger partial charge in [-0.15, -0.1) is 11.8 Å². The number of esters is 1. The van der Waals surface area contributed by atoms with Crippen LogP contribution in [0.2, 0.25) is 0 Å². The lowest BCUT2D eigenvalue weighted by molar-refractivity contribution is 0.0526. The van der Waals surface area contributed by atoms with Crippen LogP contribution in [0.5, 0.6) is 0 Å². The number of benzene rings is 2. The summed E-state index contributed by atoms with van der Waals surface area (Å²) in [4.78, 5) is 15.6. The van der Waals surface area contributed by atoms with E-state index in [-0.39, 0.29) is 5.97 Å². The highest BCUT2D eigenvalue weighted by molar-refractivity contribution is 7.98. The van der Waals surface area contributed by atoms with Gasteiger partial charge in [0.25, 0.3) is 0 Å². The third-order valence-electron chi connectivity index (χ3n) is 4.44. The first-order valence-corrected chi connectivity index (χ1v) is 11.1. The summed E-state index contributed by atoms with van der Waals surface area (Å²) in [6.45, 7) is 5.03. The molecule has 0 bridgehead atoms. The zero-order chi connectivity index (χ0) is 20.6. The fraction of sp³-hybridized carbons (Fsp3) is 0.333. The van der Waals surface area contributed by atoms with Crippen LogP contribution in [0.3, 0.4) is 0 Å². The number of nitrogens with one attached hydrogen (secondary N) is 2. The Morgan fingerprint density at radius 3 is 2.72 bits per heavy atom. The molecule has 2 aromatic carbocycles. The molecule has 0 aliphatic carbocycles. The number of carbonyl (C=O) groups excluding carboxylic acids is 1. The van der Waals surface area contributed by atoms with Gasteiger partial charge in [0.1, 0.15) is 0 Å². The Labute approximate surface area is 180 Å². The average molecular weight is 432 g/mol. The number of rotatable bonds is 6. The van der Waals surface area contributed by atoms with Gasteiger partial charge in [0.15, 0.2) is 5.11 Å². The molecule has 3 rings (SSSR count). The number of thioether (sulfide) groups is 1. The van der Waals surface area contributed by atoms with Gasteiger partial charge in [0, 0.05) is 23.7 Å². The van der Waals surface area contributed by atoms with Crippen molar-refractivity contribution in [1.29, 1.82) is 0 Å². The lowest BCUT2D eigenvalue weighted by Crippen LogP contribution is -2.37. The molecule has 0 amide bonds. The number of morpholine rings is 1. The Balaban J connectivity index is 1.82. The zero-order valence-corrected chi connectivity index (χ0v) is 18.2. The minimum Gasteiger partial charge on any atom is -0.462 e. The van der Waals surface area contributed by atoms with Crippen LogP contribution in [0.25, 0.3) is 0 Å². The molecule has 8 heteroatoms. The first-order chi connectivity index (χ1) is 14.1. The maximum atomic E-state index is 12.2. The number of thiocarbonyl (C=S) groups is 1. The predicted molar refractivity (Wildman–Crippen MR) is 123 cm³/mol. The van der Waals surface area contributed by atoms with Gasteiger partial charge in [-0.3, -0.25) is 0 Å². The molecule has 0 aromatic heterocycles. The van der Waals surface area contributed by atoms with Crippen molar-refractivity contribution in [2.24, 2.45) is 0 Å². The second-order valence-corrected chi connectivity index (χ2v) is 7.65. The molecular weight excluding hydrogens is 406 g/mol. The van der Waals surface area contributed by atoms with Crippen molar-refractivity contribution in [1.82, 2.24) is 0 Å². The van der Waals surface area contributed by atoms with Crippen LogP contribution in [0.15, 0.2) is 47.4 Å². The standard InChI is InChI=1S/C21H25N3O3S2/c1-3-27-20(25)15-7-8-19(24-9-11-26-12-10-24)18(13-15)23-21(28)22-16-5-4-6-17(14-16)29-2/h4-8,13-14H,3,9-12H2,1-2H3,(H2,22,23,28). The molecule has 1 saturated heterocycles. The van der Waals surface area contributed by atoms with Crippen LogP contribution >= 0.6 is 24.0 Å². The van der Waals surface area contributed by atoms with E-state index >= 15 is 0 Å². The smallest absolute Gasteiger partial charge is 0.338 e. The summed E-state index contributed by atoms with van der Waals surface area (Å²) in [6.07, 6.45) is 2.03. The van der Waals surface area contributed by atoms with Crippen LogP contribution in [0.4, 0.5) is 17.1 Å². The topological polar surface area (TPSA) is 62.8 Å². The summed E-state index contributed by atoms with van der Waals surface area (Å²) in [7, 11) is 0. The highest BCUT2D eigenvalue weighted by atomic mass is 32.2. The van der Waals surface area contributed by atoms with Crippen molar-refractivity contribution < 1.29 is 14.3 Å². The Kier molecular flexibility index (Phi) is 7.74. The molecule has 0 radical (unpaired) electrons. The van der Waals surface area contributed by atoms with E-state index in [1.54, 1.807) is 30.8 Å². The van der Waals surface area contributed by atoms with Gasteiger partial charge in [-0.25, -0.2) is 4.79 Å². The number of ether oxygens (including phenoxy) is 2. The van der Waals surface area contributed by atoms with Crippen LogP contribution in [-0.4, -0.2) is 50.2 Å². The normalized spacial score (nSPS) is 13.7.